The normalized spacial score (nSPS) is 11.9. The van der Waals surface area contributed by atoms with Crippen molar-refractivity contribution in [3.8, 4) is 17.6 Å². The number of nitrogens with zero attached hydrogens (tertiary/aromatic N) is 5. The molecule has 0 aliphatic carbocycles. The molecule has 2 aromatic heterocycles. The fourth-order valence-electron chi connectivity index (χ4n) is 2.00. The van der Waals surface area contributed by atoms with Gasteiger partial charge in [0.05, 0.1) is 17.1 Å². The third kappa shape index (κ3) is 2.91. The van der Waals surface area contributed by atoms with E-state index in [1.807, 2.05) is 13.0 Å². The molecule has 0 fully saturated rings. The highest BCUT2D eigenvalue weighted by molar-refractivity contribution is 5.92. The third-order valence-electron chi connectivity index (χ3n) is 3.21. The maximum atomic E-state index is 9.04. The maximum Gasteiger partial charge on any atom is 0.182 e. The van der Waals surface area contributed by atoms with E-state index in [-0.39, 0.29) is 0 Å². The number of nitrogens with one attached hydrogen (secondary N) is 1. The number of aromatic amines is 1. The van der Waals surface area contributed by atoms with Crippen LogP contribution in [0.25, 0.3) is 22.4 Å². The number of nitrogens with two attached hydrogens (primary N) is 1. The summed E-state index contributed by atoms with van der Waals surface area (Å²) in [5.41, 5.74) is 8.19. The first-order valence-corrected chi connectivity index (χ1v) is 6.85. The molecular formula is C16H13N7. The number of benzene rings is 1. The van der Waals surface area contributed by atoms with Crippen molar-refractivity contribution in [1.29, 1.82) is 5.26 Å². The number of nitriles is 1. The molecule has 2 heterocycles. The number of fused-ring (bicyclic) bond motifs is 1. The lowest BCUT2D eigenvalue weighted by atomic mass is 10.1. The molecule has 0 spiro atoms. The third-order valence-corrected chi connectivity index (χ3v) is 3.21. The minimum atomic E-state index is 0.440. The number of aromatic nitrogens is 4. The fraction of sp³-hybridized carbons (Fsp3) is 0.0625. The van der Waals surface area contributed by atoms with Gasteiger partial charge in [0.25, 0.3) is 0 Å². The van der Waals surface area contributed by atoms with Gasteiger partial charge in [-0.15, -0.1) is 0 Å². The van der Waals surface area contributed by atoms with E-state index in [0.29, 0.717) is 22.9 Å². The fourth-order valence-corrected chi connectivity index (χ4v) is 2.00. The topological polar surface area (TPSA) is 117 Å². The van der Waals surface area contributed by atoms with Crippen LogP contribution in [0.3, 0.4) is 0 Å². The van der Waals surface area contributed by atoms with Gasteiger partial charge in [0.2, 0.25) is 0 Å². The lowest BCUT2D eigenvalue weighted by molar-refractivity contribution is 1.08. The highest BCUT2D eigenvalue weighted by atomic mass is 15.1. The summed E-state index contributed by atoms with van der Waals surface area (Å²) < 4.78 is 0. The van der Waals surface area contributed by atoms with Gasteiger partial charge in [0.1, 0.15) is 5.69 Å². The predicted octanol–water partition coefficient (Wildman–Crippen LogP) is 2.46. The van der Waals surface area contributed by atoms with E-state index in [4.69, 9.17) is 11.0 Å². The van der Waals surface area contributed by atoms with E-state index in [9.17, 15) is 0 Å². The number of aliphatic imine (C=N–C) groups is 1. The lowest BCUT2D eigenvalue weighted by Crippen LogP contribution is -1.90. The van der Waals surface area contributed by atoms with Crippen LogP contribution in [0.4, 0.5) is 5.82 Å². The van der Waals surface area contributed by atoms with Crippen LogP contribution in [0.15, 0.2) is 47.2 Å². The zero-order valence-electron chi connectivity index (χ0n) is 12.4. The number of rotatable bonds is 3. The zero-order chi connectivity index (χ0) is 16.2. The summed E-state index contributed by atoms with van der Waals surface area (Å²) in [6.07, 6.45) is 4.71. The number of allylic oxidation sites excluding steroid dienone is 1. The van der Waals surface area contributed by atoms with Crippen LogP contribution in [0, 0.1) is 11.3 Å². The van der Waals surface area contributed by atoms with Crippen molar-refractivity contribution in [3.63, 3.8) is 0 Å². The van der Waals surface area contributed by atoms with Crippen LogP contribution in [0.5, 0.6) is 0 Å². The van der Waals surface area contributed by atoms with Crippen molar-refractivity contribution >= 4 is 22.9 Å². The summed E-state index contributed by atoms with van der Waals surface area (Å²) in [4.78, 5) is 12.9. The van der Waals surface area contributed by atoms with Gasteiger partial charge >= 0.3 is 0 Å². The average molecular weight is 303 g/mol. The molecule has 0 atom stereocenters. The lowest BCUT2D eigenvalue weighted by Gasteiger charge is -1.98. The highest BCUT2D eigenvalue weighted by Gasteiger charge is 2.11. The van der Waals surface area contributed by atoms with Crippen molar-refractivity contribution < 1.29 is 0 Å². The molecule has 112 valence electrons. The highest BCUT2D eigenvalue weighted by Crippen LogP contribution is 2.25. The number of hydrogen-bond donors (Lipinski definition) is 2. The molecule has 0 unspecified atom stereocenters. The van der Waals surface area contributed by atoms with Crippen molar-refractivity contribution in [3.05, 3.63) is 47.8 Å². The second kappa shape index (κ2) is 6.07. The smallest absolute Gasteiger partial charge is 0.182 e. The Balaban J connectivity index is 2.06. The second-order valence-electron chi connectivity index (χ2n) is 4.85. The summed E-state index contributed by atoms with van der Waals surface area (Å²) in [6.45, 7) is 1.84. The Bertz CT molecular complexity index is 960. The van der Waals surface area contributed by atoms with Gasteiger partial charge in [-0.05, 0) is 36.9 Å². The SMILES string of the molecule is CC(C=Nc1ccnc(-c2n[nH]c3ccc(C#N)cc23)n1)=CN. The molecule has 1 aromatic carbocycles. The van der Waals surface area contributed by atoms with Gasteiger partial charge < -0.3 is 5.73 Å². The molecule has 0 amide bonds. The molecular weight excluding hydrogens is 290 g/mol. The van der Waals surface area contributed by atoms with Gasteiger partial charge in [0.15, 0.2) is 11.6 Å². The first-order chi connectivity index (χ1) is 11.2. The van der Waals surface area contributed by atoms with Gasteiger partial charge in [-0.3, -0.25) is 5.10 Å². The van der Waals surface area contributed by atoms with Crippen molar-refractivity contribution in [2.75, 3.05) is 0 Å². The Morgan fingerprint density at radius 3 is 3.04 bits per heavy atom. The second-order valence-corrected chi connectivity index (χ2v) is 4.85. The first kappa shape index (κ1) is 14.4. The van der Waals surface area contributed by atoms with Crippen LogP contribution in [-0.2, 0) is 0 Å². The van der Waals surface area contributed by atoms with E-state index in [2.05, 4.69) is 31.2 Å². The average Bonchev–Trinajstić information content (AvgIpc) is 3.02. The largest absolute Gasteiger partial charge is 0.404 e. The zero-order valence-corrected chi connectivity index (χ0v) is 12.4. The van der Waals surface area contributed by atoms with Crippen molar-refractivity contribution in [2.24, 2.45) is 10.7 Å². The van der Waals surface area contributed by atoms with Crippen LogP contribution in [-0.4, -0.2) is 26.4 Å². The molecule has 3 rings (SSSR count). The summed E-state index contributed by atoms with van der Waals surface area (Å²) in [6, 6.07) is 9.10. The molecule has 7 heteroatoms. The quantitative estimate of drug-likeness (QED) is 0.721. The minimum absolute atomic E-state index is 0.440. The molecule has 0 saturated heterocycles. The van der Waals surface area contributed by atoms with Gasteiger partial charge in [0, 0.05) is 23.9 Å². The summed E-state index contributed by atoms with van der Waals surface area (Å²) in [5.74, 6) is 0.944. The predicted molar refractivity (Wildman–Crippen MR) is 87.9 cm³/mol. The molecule has 0 aliphatic rings. The maximum absolute atomic E-state index is 9.04. The van der Waals surface area contributed by atoms with Crippen LogP contribution < -0.4 is 5.73 Å². The van der Waals surface area contributed by atoms with E-state index in [1.165, 1.54) is 6.20 Å². The van der Waals surface area contributed by atoms with E-state index >= 15 is 0 Å². The molecule has 0 aliphatic heterocycles. The Labute approximate surface area is 132 Å². The standard InChI is InChI=1S/C16H13N7/c1-10(7-17)9-20-14-4-5-19-16(21-14)15-12-6-11(8-18)2-3-13(12)22-23-15/h2-7,9H,17H2,1H3,(H,22,23). The van der Waals surface area contributed by atoms with Gasteiger partial charge in [-0.25, -0.2) is 15.0 Å². The van der Waals surface area contributed by atoms with E-state index in [0.717, 1.165) is 16.5 Å². The van der Waals surface area contributed by atoms with E-state index in [1.54, 1.807) is 30.6 Å². The Morgan fingerprint density at radius 1 is 1.39 bits per heavy atom. The van der Waals surface area contributed by atoms with Crippen LogP contribution in [0.1, 0.15) is 12.5 Å². The Morgan fingerprint density at radius 2 is 2.26 bits per heavy atom. The Kier molecular flexibility index (Phi) is 3.80. The number of H-pyrrole nitrogens is 1. The van der Waals surface area contributed by atoms with Gasteiger partial charge in [-0.1, -0.05) is 0 Å². The van der Waals surface area contributed by atoms with Crippen LogP contribution in [0.2, 0.25) is 0 Å². The van der Waals surface area contributed by atoms with Crippen LogP contribution >= 0.6 is 0 Å². The number of hydrogen-bond acceptors (Lipinski definition) is 6. The summed E-state index contributed by atoms with van der Waals surface area (Å²) >= 11 is 0. The summed E-state index contributed by atoms with van der Waals surface area (Å²) in [5, 5.41) is 17.0. The molecule has 0 radical (unpaired) electrons. The molecule has 3 N–H and O–H groups in total. The first-order valence-electron chi connectivity index (χ1n) is 6.85. The van der Waals surface area contributed by atoms with Crippen molar-refractivity contribution in [2.45, 2.75) is 6.92 Å². The Hall–Kier alpha value is -3.53. The van der Waals surface area contributed by atoms with Gasteiger partial charge in [-0.2, -0.15) is 10.4 Å². The summed E-state index contributed by atoms with van der Waals surface area (Å²) in [7, 11) is 0. The monoisotopic (exact) mass is 303 g/mol. The molecule has 3 aromatic rings. The molecule has 0 bridgehead atoms. The van der Waals surface area contributed by atoms with Crippen molar-refractivity contribution in [1.82, 2.24) is 20.2 Å². The molecule has 0 saturated carbocycles. The minimum Gasteiger partial charge on any atom is -0.404 e. The molecule has 23 heavy (non-hydrogen) atoms. The van der Waals surface area contributed by atoms with E-state index < -0.39 is 0 Å². The molecule has 7 nitrogen and oxygen atoms in total.